The topological polar surface area (TPSA) is 20.2 Å². The van der Waals surface area contributed by atoms with Crippen molar-refractivity contribution >= 4 is 0 Å². The molecule has 0 aromatic carbocycles. The minimum absolute atomic E-state index is 0.198. The molecule has 1 nitrogen and oxygen atoms in total. The van der Waals surface area contributed by atoms with Gasteiger partial charge in [0.1, 0.15) is 0 Å². The van der Waals surface area contributed by atoms with Crippen LogP contribution in [0.1, 0.15) is 32.6 Å². The second-order valence-electron chi connectivity index (χ2n) is 4.09. The molecule has 0 radical (unpaired) electrons. The Morgan fingerprint density at radius 2 is 2.15 bits per heavy atom. The van der Waals surface area contributed by atoms with Crippen LogP contribution in [0.15, 0.2) is 12.7 Å². The molecular formula is C12H18O. The Hall–Kier alpha value is -0.740. The van der Waals surface area contributed by atoms with Gasteiger partial charge in [-0.3, -0.25) is 0 Å². The van der Waals surface area contributed by atoms with Crippen molar-refractivity contribution in [3.8, 4) is 12.3 Å². The molecule has 72 valence electrons. The van der Waals surface area contributed by atoms with Crippen LogP contribution in [0.25, 0.3) is 0 Å². The summed E-state index contributed by atoms with van der Waals surface area (Å²) in [4.78, 5) is 0. The summed E-state index contributed by atoms with van der Waals surface area (Å²) in [6.07, 6.45) is 11.2. The van der Waals surface area contributed by atoms with Crippen LogP contribution in [0.3, 0.4) is 0 Å². The molecule has 1 rings (SSSR count). The smallest absolute Gasteiger partial charge is 0.0585 e. The highest BCUT2D eigenvalue weighted by atomic mass is 16.3. The van der Waals surface area contributed by atoms with Crippen molar-refractivity contribution in [3.05, 3.63) is 12.7 Å². The fraction of sp³-hybridized carbons (Fsp3) is 0.667. The number of terminal acetylenes is 1. The minimum atomic E-state index is -0.333. The van der Waals surface area contributed by atoms with E-state index < -0.39 is 0 Å². The van der Waals surface area contributed by atoms with Crippen LogP contribution in [-0.4, -0.2) is 11.2 Å². The van der Waals surface area contributed by atoms with Crippen LogP contribution in [0.2, 0.25) is 0 Å². The van der Waals surface area contributed by atoms with Crippen molar-refractivity contribution in [2.45, 2.75) is 38.7 Å². The van der Waals surface area contributed by atoms with E-state index in [9.17, 15) is 5.11 Å². The first-order valence-electron chi connectivity index (χ1n) is 4.93. The summed E-state index contributed by atoms with van der Waals surface area (Å²) < 4.78 is 0. The van der Waals surface area contributed by atoms with Gasteiger partial charge in [0.25, 0.3) is 0 Å². The van der Waals surface area contributed by atoms with Crippen molar-refractivity contribution in [3.63, 3.8) is 0 Å². The molecule has 1 heteroatoms. The predicted molar refractivity (Wildman–Crippen MR) is 55.1 cm³/mol. The van der Waals surface area contributed by atoms with E-state index in [2.05, 4.69) is 12.5 Å². The molecule has 1 aliphatic carbocycles. The van der Waals surface area contributed by atoms with Crippen molar-refractivity contribution in [2.75, 3.05) is 0 Å². The lowest BCUT2D eigenvalue weighted by Crippen LogP contribution is -2.36. The molecule has 0 aromatic rings. The third kappa shape index (κ3) is 1.95. The Labute approximate surface area is 80.9 Å². The molecule has 0 aliphatic heterocycles. The number of rotatable bonds is 2. The number of aliphatic hydroxyl groups excluding tert-OH is 1. The Balaban J connectivity index is 2.79. The Bertz CT molecular complexity index is 226. The molecule has 0 aromatic heterocycles. The molecule has 1 N–H and O–H groups in total. The van der Waals surface area contributed by atoms with E-state index >= 15 is 0 Å². The van der Waals surface area contributed by atoms with E-state index in [4.69, 9.17) is 6.42 Å². The summed E-state index contributed by atoms with van der Waals surface area (Å²) in [6, 6.07) is 0. The van der Waals surface area contributed by atoms with E-state index in [0.717, 1.165) is 19.3 Å². The lowest BCUT2D eigenvalue weighted by Gasteiger charge is -2.37. The molecule has 0 spiro atoms. The van der Waals surface area contributed by atoms with Gasteiger partial charge in [0, 0.05) is 5.92 Å². The summed E-state index contributed by atoms with van der Waals surface area (Å²) in [7, 11) is 0. The molecule has 1 aliphatic rings. The quantitative estimate of drug-likeness (QED) is 0.508. The van der Waals surface area contributed by atoms with Gasteiger partial charge in [0.05, 0.1) is 11.5 Å². The van der Waals surface area contributed by atoms with Gasteiger partial charge in [0.2, 0.25) is 0 Å². The van der Waals surface area contributed by atoms with Crippen LogP contribution in [0.4, 0.5) is 0 Å². The number of aliphatic hydroxyl groups is 1. The Morgan fingerprint density at radius 1 is 1.54 bits per heavy atom. The van der Waals surface area contributed by atoms with Gasteiger partial charge in [-0.2, -0.15) is 0 Å². The molecule has 1 fully saturated rings. The summed E-state index contributed by atoms with van der Waals surface area (Å²) >= 11 is 0. The van der Waals surface area contributed by atoms with Crippen molar-refractivity contribution in [1.82, 2.24) is 0 Å². The normalized spacial score (nSPS) is 33.0. The highest BCUT2D eigenvalue weighted by molar-refractivity contribution is 5.16. The van der Waals surface area contributed by atoms with E-state index in [1.807, 2.05) is 6.92 Å². The van der Waals surface area contributed by atoms with Crippen LogP contribution in [0.5, 0.6) is 0 Å². The average molecular weight is 178 g/mol. The SMILES string of the molecule is C#CC(C)(C=C)C1CCCCC1O. The summed E-state index contributed by atoms with van der Waals surface area (Å²) in [5.41, 5.74) is -0.333. The zero-order valence-electron chi connectivity index (χ0n) is 8.29. The molecule has 13 heavy (non-hydrogen) atoms. The maximum Gasteiger partial charge on any atom is 0.0585 e. The average Bonchev–Trinajstić information content (AvgIpc) is 2.17. The van der Waals surface area contributed by atoms with Crippen LogP contribution in [0, 0.1) is 23.7 Å². The number of hydrogen-bond donors (Lipinski definition) is 1. The molecule has 1 saturated carbocycles. The molecule has 0 amide bonds. The first-order chi connectivity index (χ1) is 6.14. The third-order valence-corrected chi connectivity index (χ3v) is 3.23. The van der Waals surface area contributed by atoms with Crippen molar-refractivity contribution < 1.29 is 5.11 Å². The molecular weight excluding hydrogens is 160 g/mol. The van der Waals surface area contributed by atoms with Gasteiger partial charge >= 0.3 is 0 Å². The zero-order valence-corrected chi connectivity index (χ0v) is 8.29. The van der Waals surface area contributed by atoms with Gasteiger partial charge in [-0.05, 0) is 19.8 Å². The van der Waals surface area contributed by atoms with Crippen molar-refractivity contribution in [2.24, 2.45) is 11.3 Å². The largest absolute Gasteiger partial charge is 0.393 e. The first kappa shape index (κ1) is 10.3. The molecule has 3 unspecified atom stereocenters. The lowest BCUT2D eigenvalue weighted by atomic mass is 9.69. The summed E-state index contributed by atoms with van der Waals surface area (Å²) in [6.45, 7) is 5.74. The molecule has 3 atom stereocenters. The second kappa shape index (κ2) is 3.98. The maximum atomic E-state index is 9.82. The van der Waals surface area contributed by atoms with Crippen LogP contribution < -0.4 is 0 Å². The highest BCUT2D eigenvalue weighted by Crippen LogP contribution is 2.38. The number of allylic oxidation sites excluding steroid dienone is 1. The highest BCUT2D eigenvalue weighted by Gasteiger charge is 2.36. The summed E-state index contributed by atoms with van der Waals surface area (Å²) in [5.74, 6) is 2.95. The minimum Gasteiger partial charge on any atom is -0.393 e. The first-order valence-corrected chi connectivity index (χ1v) is 4.93. The van der Waals surface area contributed by atoms with Crippen LogP contribution >= 0.6 is 0 Å². The van der Waals surface area contributed by atoms with Gasteiger partial charge in [-0.15, -0.1) is 13.0 Å². The van der Waals surface area contributed by atoms with Crippen LogP contribution in [-0.2, 0) is 0 Å². The molecule has 0 heterocycles. The standard InChI is InChI=1S/C12H18O/c1-4-12(3,5-2)10-8-6-7-9-11(10)13/h1,5,10-11,13H,2,6-9H2,3H3. The van der Waals surface area contributed by atoms with E-state index in [0.29, 0.717) is 0 Å². The van der Waals surface area contributed by atoms with Gasteiger partial charge in [-0.25, -0.2) is 0 Å². The third-order valence-electron chi connectivity index (χ3n) is 3.23. The Kier molecular flexibility index (Phi) is 3.17. The zero-order chi connectivity index (χ0) is 9.90. The van der Waals surface area contributed by atoms with E-state index in [-0.39, 0.29) is 17.4 Å². The molecule has 0 saturated heterocycles. The Morgan fingerprint density at radius 3 is 2.62 bits per heavy atom. The van der Waals surface area contributed by atoms with Gasteiger partial charge in [0.15, 0.2) is 0 Å². The second-order valence-corrected chi connectivity index (χ2v) is 4.09. The lowest BCUT2D eigenvalue weighted by molar-refractivity contribution is 0.0342. The predicted octanol–water partition coefficient (Wildman–Crippen LogP) is 2.36. The van der Waals surface area contributed by atoms with Crippen molar-refractivity contribution in [1.29, 1.82) is 0 Å². The van der Waals surface area contributed by atoms with Gasteiger partial charge in [-0.1, -0.05) is 24.8 Å². The maximum absolute atomic E-state index is 9.82. The fourth-order valence-electron chi connectivity index (χ4n) is 2.13. The molecule has 0 bridgehead atoms. The monoisotopic (exact) mass is 178 g/mol. The van der Waals surface area contributed by atoms with E-state index in [1.54, 1.807) is 6.08 Å². The summed E-state index contributed by atoms with van der Waals surface area (Å²) in [5, 5.41) is 9.82. The number of hydrogen-bond acceptors (Lipinski definition) is 1. The fourth-order valence-corrected chi connectivity index (χ4v) is 2.13. The van der Waals surface area contributed by atoms with E-state index in [1.165, 1.54) is 6.42 Å². The van der Waals surface area contributed by atoms with Gasteiger partial charge < -0.3 is 5.11 Å².